The van der Waals surface area contributed by atoms with Gasteiger partial charge in [0.1, 0.15) is 6.10 Å². The van der Waals surface area contributed by atoms with E-state index >= 15 is 0 Å². The lowest BCUT2D eigenvalue weighted by Crippen LogP contribution is -2.32. The molecule has 0 saturated heterocycles. The number of ketones is 1. The average molecular weight is 346 g/mol. The molecule has 0 heterocycles. The molecule has 2 aromatic carbocycles. The Bertz CT molecular complexity index is 803. The van der Waals surface area contributed by atoms with Crippen molar-refractivity contribution in [2.24, 2.45) is 5.92 Å². The van der Waals surface area contributed by atoms with Crippen LogP contribution in [0.1, 0.15) is 35.3 Å². The largest absolute Gasteiger partial charge is 0.297 e. The smallest absolute Gasteiger partial charge is 0.291 e. The van der Waals surface area contributed by atoms with Crippen molar-refractivity contribution in [1.29, 1.82) is 0 Å². The molecule has 1 unspecified atom stereocenters. The molecule has 0 radical (unpaired) electrons. The molecule has 0 aromatic heterocycles. The normalized spacial score (nSPS) is 13.0. The molecule has 1 atom stereocenters. The number of Topliss-reactive ketones (excluding diaryl/α,β-unsaturated/α-hetero) is 1. The van der Waals surface area contributed by atoms with Crippen LogP contribution in [0.25, 0.3) is 0 Å². The third kappa shape index (κ3) is 4.30. The van der Waals surface area contributed by atoms with Crippen molar-refractivity contribution in [2.75, 3.05) is 0 Å². The van der Waals surface area contributed by atoms with Crippen LogP contribution in [-0.2, 0) is 14.3 Å². The number of carbonyl (C=O) groups excluding carboxylic acids is 1. The number of carbonyl (C=O) groups is 1. The monoisotopic (exact) mass is 346 g/mol. The maximum Gasteiger partial charge on any atom is 0.297 e. The summed E-state index contributed by atoms with van der Waals surface area (Å²) < 4.78 is 30.2. The lowest BCUT2D eigenvalue weighted by atomic mass is 9.97. The Morgan fingerprint density at radius 1 is 0.875 bits per heavy atom. The maximum atomic E-state index is 12.7. The summed E-state index contributed by atoms with van der Waals surface area (Å²) in [5.41, 5.74) is 2.42. The molecule has 0 aliphatic carbocycles. The Labute approximate surface area is 143 Å². The lowest BCUT2D eigenvalue weighted by molar-refractivity contribution is 0.0724. The minimum absolute atomic E-state index is 0.0513. The van der Waals surface area contributed by atoms with E-state index in [0.717, 1.165) is 11.1 Å². The summed E-state index contributed by atoms with van der Waals surface area (Å²) in [5, 5.41) is 0. The zero-order valence-corrected chi connectivity index (χ0v) is 15.1. The molecule has 128 valence electrons. The zero-order valence-electron chi connectivity index (χ0n) is 14.3. The predicted octanol–water partition coefficient (Wildman–Crippen LogP) is 3.92. The van der Waals surface area contributed by atoms with Gasteiger partial charge in [-0.2, -0.15) is 8.42 Å². The molecule has 0 N–H and O–H groups in total. The van der Waals surface area contributed by atoms with E-state index in [9.17, 15) is 13.2 Å². The Morgan fingerprint density at radius 2 is 1.33 bits per heavy atom. The topological polar surface area (TPSA) is 60.4 Å². The van der Waals surface area contributed by atoms with Crippen LogP contribution in [0.3, 0.4) is 0 Å². The Balaban J connectivity index is 2.29. The second kappa shape index (κ2) is 7.28. The number of aryl methyl sites for hydroxylation is 2. The van der Waals surface area contributed by atoms with Crippen molar-refractivity contribution in [2.45, 2.75) is 38.7 Å². The summed E-state index contributed by atoms with van der Waals surface area (Å²) in [6.07, 6.45) is -1.06. The maximum absolute atomic E-state index is 12.7. The van der Waals surface area contributed by atoms with Gasteiger partial charge in [-0.05, 0) is 31.9 Å². The van der Waals surface area contributed by atoms with Gasteiger partial charge in [0.25, 0.3) is 10.1 Å². The molecule has 24 heavy (non-hydrogen) atoms. The van der Waals surface area contributed by atoms with Crippen molar-refractivity contribution in [3.63, 3.8) is 0 Å². The number of hydrogen-bond donors (Lipinski definition) is 0. The first kappa shape index (κ1) is 18.4. The molecule has 0 aliphatic rings. The molecule has 0 fully saturated rings. The van der Waals surface area contributed by atoms with Crippen LogP contribution in [0.2, 0.25) is 0 Å². The van der Waals surface area contributed by atoms with E-state index in [1.807, 2.05) is 26.0 Å². The molecule has 0 spiro atoms. The summed E-state index contributed by atoms with van der Waals surface area (Å²) in [6, 6.07) is 13.4. The molecular formula is C19H22O4S. The standard InChI is InChI=1S/C19H22O4S/c1-13(2)19(18(20)16-9-5-14(3)6-10-16)23-24(21,22)17-11-7-15(4)8-12-17/h5-13,19H,1-4H3. The van der Waals surface area contributed by atoms with Crippen LogP contribution < -0.4 is 0 Å². The molecule has 2 aromatic rings. The van der Waals surface area contributed by atoms with E-state index in [2.05, 4.69) is 0 Å². The van der Waals surface area contributed by atoms with E-state index in [0.29, 0.717) is 5.56 Å². The van der Waals surface area contributed by atoms with E-state index in [4.69, 9.17) is 4.18 Å². The molecule has 0 aliphatic heterocycles. The summed E-state index contributed by atoms with van der Waals surface area (Å²) >= 11 is 0. The summed E-state index contributed by atoms with van der Waals surface area (Å²) in [6.45, 7) is 7.32. The third-order valence-electron chi connectivity index (χ3n) is 3.74. The Kier molecular flexibility index (Phi) is 5.57. The summed E-state index contributed by atoms with van der Waals surface area (Å²) in [4.78, 5) is 12.7. The van der Waals surface area contributed by atoms with Gasteiger partial charge in [-0.1, -0.05) is 61.4 Å². The van der Waals surface area contributed by atoms with Crippen LogP contribution in [0.15, 0.2) is 53.4 Å². The molecule has 0 saturated carbocycles. The van der Waals surface area contributed by atoms with E-state index in [1.165, 1.54) is 12.1 Å². The number of rotatable bonds is 6. The van der Waals surface area contributed by atoms with Crippen molar-refractivity contribution in [3.8, 4) is 0 Å². The molecule has 2 rings (SSSR count). The number of benzene rings is 2. The van der Waals surface area contributed by atoms with Gasteiger partial charge in [0.05, 0.1) is 4.90 Å². The Hall–Kier alpha value is -1.98. The SMILES string of the molecule is Cc1ccc(C(=O)C(OS(=O)(=O)c2ccc(C)cc2)C(C)C)cc1. The average Bonchev–Trinajstić information content (AvgIpc) is 2.53. The van der Waals surface area contributed by atoms with Crippen LogP contribution in [0, 0.1) is 19.8 Å². The lowest BCUT2D eigenvalue weighted by Gasteiger charge is -2.20. The highest BCUT2D eigenvalue weighted by Gasteiger charge is 2.30. The van der Waals surface area contributed by atoms with Gasteiger partial charge in [-0.25, -0.2) is 0 Å². The van der Waals surface area contributed by atoms with Gasteiger partial charge in [-0.15, -0.1) is 0 Å². The van der Waals surface area contributed by atoms with Crippen LogP contribution in [-0.4, -0.2) is 20.3 Å². The van der Waals surface area contributed by atoms with Gasteiger partial charge < -0.3 is 0 Å². The Morgan fingerprint density at radius 3 is 1.79 bits per heavy atom. The zero-order chi connectivity index (χ0) is 17.9. The van der Waals surface area contributed by atoms with Crippen LogP contribution >= 0.6 is 0 Å². The highest BCUT2D eigenvalue weighted by Crippen LogP contribution is 2.21. The van der Waals surface area contributed by atoms with E-state index in [-0.39, 0.29) is 16.6 Å². The van der Waals surface area contributed by atoms with Gasteiger partial charge in [0.15, 0.2) is 5.78 Å². The van der Waals surface area contributed by atoms with Gasteiger partial charge >= 0.3 is 0 Å². The van der Waals surface area contributed by atoms with Crippen molar-refractivity contribution in [1.82, 2.24) is 0 Å². The summed E-state index contributed by atoms with van der Waals surface area (Å²) in [7, 11) is -4.00. The van der Waals surface area contributed by atoms with Gasteiger partial charge in [0.2, 0.25) is 0 Å². The predicted molar refractivity (Wildman–Crippen MR) is 93.6 cm³/mol. The molecule has 0 amide bonds. The molecule has 0 bridgehead atoms. The fourth-order valence-corrected chi connectivity index (χ4v) is 3.40. The van der Waals surface area contributed by atoms with Crippen molar-refractivity contribution < 1.29 is 17.4 Å². The molecular weight excluding hydrogens is 324 g/mol. The fourth-order valence-electron chi connectivity index (χ4n) is 2.24. The van der Waals surface area contributed by atoms with E-state index < -0.39 is 16.2 Å². The minimum Gasteiger partial charge on any atom is -0.291 e. The van der Waals surface area contributed by atoms with Crippen molar-refractivity contribution >= 4 is 15.9 Å². The first-order valence-corrected chi connectivity index (χ1v) is 9.22. The molecule has 5 heteroatoms. The third-order valence-corrected chi connectivity index (χ3v) is 5.05. The molecule has 4 nitrogen and oxygen atoms in total. The second-order valence-corrected chi connectivity index (χ2v) is 7.83. The minimum atomic E-state index is -4.00. The number of hydrogen-bond acceptors (Lipinski definition) is 4. The quantitative estimate of drug-likeness (QED) is 0.587. The highest BCUT2D eigenvalue weighted by molar-refractivity contribution is 7.86. The van der Waals surface area contributed by atoms with E-state index in [1.54, 1.807) is 38.1 Å². The van der Waals surface area contributed by atoms with Crippen LogP contribution in [0.5, 0.6) is 0 Å². The van der Waals surface area contributed by atoms with Crippen LogP contribution in [0.4, 0.5) is 0 Å². The second-order valence-electron chi connectivity index (χ2n) is 6.26. The van der Waals surface area contributed by atoms with Gasteiger partial charge in [-0.3, -0.25) is 8.98 Å². The van der Waals surface area contributed by atoms with Crippen molar-refractivity contribution in [3.05, 3.63) is 65.2 Å². The first-order chi connectivity index (χ1) is 11.2. The summed E-state index contributed by atoms with van der Waals surface area (Å²) in [5.74, 6) is -0.611. The van der Waals surface area contributed by atoms with Gasteiger partial charge in [0, 0.05) is 5.56 Å². The first-order valence-electron chi connectivity index (χ1n) is 7.81. The highest BCUT2D eigenvalue weighted by atomic mass is 32.2. The fraction of sp³-hybridized carbons (Fsp3) is 0.316.